The quantitative estimate of drug-likeness (QED) is 0.319. The van der Waals surface area contributed by atoms with Gasteiger partial charge in [0.15, 0.2) is 6.29 Å². The largest absolute Gasteiger partial charge is 0.472 e. The van der Waals surface area contributed by atoms with E-state index in [0.717, 1.165) is 6.42 Å². The van der Waals surface area contributed by atoms with Gasteiger partial charge in [-0.05, 0) is 6.42 Å². The second-order valence-electron chi connectivity index (χ2n) is 2.43. The number of phosphoric acid groups is 1. The van der Waals surface area contributed by atoms with Crippen LogP contribution in [-0.4, -0.2) is 34.6 Å². The maximum atomic E-state index is 10.9. The Balaban J connectivity index is 3.61. The molecule has 6 nitrogen and oxygen atoms in total. The predicted octanol–water partition coefficient (Wildman–Crippen LogP) is 0.231. The van der Waals surface area contributed by atoms with Crippen molar-refractivity contribution in [3.8, 4) is 0 Å². The fraction of sp³-hybridized carbons (Fsp3) is 1.00. The lowest BCUT2D eigenvalue weighted by atomic mass is 10.4. The van der Waals surface area contributed by atoms with E-state index >= 15 is 0 Å². The Morgan fingerprint density at radius 1 is 1.38 bits per heavy atom. The highest BCUT2D eigenvalue weighted by Gasteiger charge is 2.21. The number of aliphatic hydroxyl groups is 2. The van der Waals surface area contributed by atoms with E-state index in [2.05, 4.69) is 9.05 Å². The first kappa shape index (κ1) is 13.0. The van der Waals surface area contributed by atoms with E-state index in [1.165, 1.54) is 0 Å². The molecule has 0 amide bonds. The molecule has 0 bridgehead atoms. The molecule has 0 aliphatic heterocycles. The third-order valence-electron chi connectivity index (χ3n) is 1.14. The van der Waals surface area contributed by atoms with Gasteiger partial charge < -0.3 is 15.1 Å². The van der Waals surface area contributed by atoms with E-state index in [0.29, 0.717) is 6.42 Å². The summed E-state index contributed by atoms with van der Waals surface area (Å²) in [6, 6.07) is 0. The number of aliphatic hydroxyl groups excluding tert-OH is 1. The first-order valence-corrected chi connectivity index (χ1v) is 5.45. The Labute approximate surface area is 76.7 Å². The maximum Gasteiger partial charge on any atom is 0.472 e. The Kier molecular flexibility index (Phi) is 6.49. The van der Waals surface area contributed by atoms with Crippen LogP contribution < -0.4 is 0 Å². The lowest BCUT2D eigenvalue weighted by Gasteiger charge is -2.12. The van der Waals surface area contributed by atoms with Gasteiger partial charge in [-0.15, -0.1) is 0 Å². The summed E-state index contributed by atoms with van der Waals surface area (Å²) in [6.07, 6.45) is -0.284. The van der Waals surface area contributed by atoms with Crippen molar-refractivity contribution >= 4 is 7.82 Å². The van der Waals surface area contributed by atoms with Crippen molar-refractivity contribution in [2.45, 2.75) is 26.1 Å². The van der Waals surface area contributed by atoms with Gasteiger partial charge >= 0.3 is 7.82 Å². The molecule has 0 aromatic carbocycles. The van der Waals surface area contributed by atoms with Gasteiger partial charge in [-0.25, -0.2) is 4.57 Å². The van der Waals surface area contributed by atoms with Crippen LogP contribution in [0.5, 0.6) is 0 Å². The Morgan fingerprint density at radius 3 is 2.46 bits per heavy atom. The minimum atomic E-state index is -4.10. The fourth-order valence-corrected chi connectivity index (χ4v) is 1.28. The average molecular weight is 214 g/mol. The molecular formula is C6H15O6P. The molecule has 0 rings (SSSR count). The number of rotatable bonds is 7. The molecule has 0 aliphatic carbocycles. The molecule has 0 saturated carbocycles. The van der Waals surface area contributed by atoms with Crippen LogP contribution in [0, 0.1) is 0 Å². The van der Waals surface area contributed by atoms with Crippen molar-refractivity contribution in [1.82, 2.24) is 0 Å². The fourth-order valence-electron chi connectivity index (χ4n) is 0.522. The third-order valence-corrected chi connectivity index (χ3v) is 2.12. The molecule has 0 heterocycles. The van der Waals surface area contributed by atoms with Crippen LogP contribution in [0.15, 0.2) is 0 Å². The molecule has 0 aliphatic rings. The molecular weight excluding hydrogens is 199 g/mol. The third kappa shape index (κ3) is 8.36. The molecule has 0 spiro atoms. The van der Waals surface area contributed by atoms with Gasteiger partial charge in [0, 0.05) is 0 Å². The van der Waals surface area contributed by atoms with Crippen LogP contribution in [0.2, 0.25) is 0 Å². The zero-order valence-electron chi connectivity index (χ0n) is 7.42. The monoisotopic (exact) mass is 214 g/mol. The van der Waals surface area contributed by atoms with Crippen LogP contribution >= 0.6 is 7.82 Å². The van der Waals surface area contributed by atoms with Gasteiger partial charge in [-0.3, -0.25) is 9.05 Å². The SMILES string of the molecule is CCCCOP(=O)(O)OCC(O)O. The summed E-state index contributed by atoms with van der Waals surface area (Å²) in [6.45, 7) is 1.38. The molecule has 7 heteroatoms. The summed E-state index contributed by atoms with van der Waals surface area (Å²) >= 11 is 0. The van der Waals surface area contributed by atoms with Gasteiger partial charge in [-0.1, -0.05) is 13.3 Å². The summed E-state index contributed by atoms with van der Waals surface area (Å²) in [4.78, 5) is 8.88. The molecule has 80 valence electrons. The summed E-state index contributed by atoms with van der Waals surface area (Å²) in [5.74, 6) is 0. The summed E-state index contributed by atoms with van der Waals surface area (Å²) in [5, 5.41) is 16.7. The van der Waals surface area contributed by atoms with Crippen LogP contribution in [0.25, 0.3) is 0 Å². The lowest BCUT2D eigenvalue weighted by molar-refractivity contribution is -0.0745. The van der Waals surface area contributed by atoms with Gasteiger partial charge in [0.2, 0.25) is 0 Å². The highest BCUT2D eigenvalue weighted by Crippen LogP contribution is 2.43. The van der Waals surface area contributed by atoms with Crippen molar-refractivity contribution in [2.24, 2.45) is 0 Å². The second kappa shape index (κ2) is 6.48. The van der Waals surface area contributed by atoms with E-state index < -0.39 is 20.7 Å². The molecule has 1 atom stereocenters. The van der Waals surface area contributed by atoms with E-state index in [1.54, 1.807) is 0 Å². The predicted molar refractivity (Wildman–Crippen MR) is 44.9 cm³/mol. The van der Waals surface area contributed by atoms with Crippen LogP contribution in [-0.2, 0) is 13.6 Å². The lowest BCUT2D eigenvalue weighted by Crippen LogP contribution is -2.13. The molecule has 13 heavy (non-hydrogen) atoms. The molecule has 3 N–H and O–H groups in total. The van der Waals surface area contributed by atoms with Crippen LogP contribution in [0.3, 0.4) is 0 Å². The minimum Gasteiger partial charge on any atom is -0.366 e. The summed E-state index contributed by atoms with van der Waals surface area (Å²) in [5.41, 5.74) is 0. The number of hydrogen-bond donors (Lipinski definition) is 3. The van der Waals surface area contributed by atoms with Crippen molar-refractivity contribution in [3.05, 3.63) is 0 Å². The Morgan fingerprint density at radius 2 is 2.00 bits per heavy atom. The molecule has 1 unspecified atom stereocenters. The number of hydrogen-bond acceptors (Lipinski definition) is 5. The highest BCUT2D eigenvalue weighted by molar-refractivity contribution is 7.47. The maximum absolute atomic E-state index is 10.9. The van der Waals surface area contributed by atoms with Gasteiger partial charge in [-0.2, -0.15) is 0 Å². The zero-order valence-corrected chi connectivity index (χ0v) is 8.31. The van der Waals surface area contributed by atoms with E-state index in [4.69, 9.17) is 15.1 Å². The van der Waals surface area contributed by atoms with Crippen molar-refractivity contribution in [1.29, 1.82) is 0 Å². The zero-order chi connectivity index (χ0) is 10.3. The first-order chi connectivity index (χ1) is 5.98. The van der Waals surface area contributed by atoms with E-state index in [9.17, 15) is 4.57 Å². The molecule has 0 fully saturated rings. The van der Waals surface area contributed by atoms with Crippen LogP contribution in [0.1, 0.15) is 19.8 Å². The highest BCUT2D eigenvalue weighted by atomic mass is 31.2. The van der Waals surface area contributed by atoms with Crippen LogP contribution in [0.4, 0.5) is 0 Å². The van der Waals surface area contributed by atoms with Gasteiger partial charge in [0.05, 0.1) is 6.61 Å². The second-order valence-corrected chi connectivity index (χ2v) is 3.89. The molecule has 0 aromatic heterocycles. The van der Waals surface area contributed by atoms with E-state index in [-0.39, 0.29) is 6.61 Å². The molecule has 0 radical (unpaired) electrons. The summed E-state index contributed by atoms with van der Waals surface area (Å²) < 4.78 is 19.6. The smallest absolute Gasteiger partial charge is 0.366 e. The number of phosphoric ester groups is 1. The Hall–Kier alpha value is 0.0300. The van der Waals surface area contributed by atoms with Crippen molar-refractivity contribution in [2.75, 3.05) is 13.2 Å². The van der Waals surface area contributed by atoms with Gasteiger partial charge in [0.1, 0.15) is 6.61 Å². The number of unbranched alkanes of at least 4 members (excludes halogenated alkanes) is 1. The standard InChI is InChI=1S/C6H15O6P/c1-2-3-4-11-13(9,10)12-5-6(7)8/h6-8H,2-5H2,1H3,(H,9,10). The molecule has 0 aromatic rings. The summed E-state index contributed by atoms with van der Waals surface area (Å²) in [7, 11) is -4.10. The van der Waals surface area contributed by atoms with E-state index in [1.807, 2.05) is 6.92 Å². The Bertz CT molecular complexity index is 171. The topological polar surface area (TPSA) is 96.2 Å². The van der Waals surface area contributed by atoms with Crippen molar-refractivity contribution in [3.63, 3.8) is 0 Å². The minimum absolute atomic E-state index is 0.117. The normalized spacial score (nSPS) is 16.1. The first-order valence-electron chi connectivity index (χ1n) is 3.96. The van der Waals surface area contributed by atoms with Crippen molar-refractivity contribution < 1.29 is 28.7 Å². The molecule has 0 saturated heterocycles. The van der Waals surface area contributed by atoms with Gasteiger partial charge in [0.25, 0.3) is 0 Å². The average Bonchev–Trinajstić information content (AvgIpc) is 2.02.